The normalized spacial score (nSPS) is 24.1. The molecule has 2 saturated heterocycles. The molecule has 2 heterocycles. The topological polar surface area (TPSA) is 44.4 Å². The van der Waals surface area contributed by atoms with Crippen molar-refractivity contribution in [1.29, 1.82) is 0 Å². The highest BCUT2D eigenvalue weighted by atomic mass is 16.2. The van der Waals surface area contributed by atoms with Crippen LogP contribution in [-0.2, 0) is 11.3 Å². The second kappa shape index (κ2) is 7.05. The molecule has 0 radical (unpaired) electrons. The maximum absolute atomic E-state index is 12.1. The van der Waals surface area contributed by atoms with E-state index in [0.717, 1.165) is 51.9 Å². The van der Waals surface area contributed by atoms with E-state index in [0.29, 0.717) is 6.04 Å². The molecule has 0 aliphatic carbocycles. The molecular formula is C17H25N3O. The number of nitrogens with zero attached hydrogens (tertiary/aromatic N) is 1. The summed E-state index contributed by atoms with van der Waals surface area (Å²) in [5.41, 5.74) is 1.37. The maximum atomic E-state index is 12.1. The molecule has 1 amide bonds. The summed E-state index contributed by atoms with van der Waals surface area (Å²) in [4.78, 5) is 14.6. The van der Waals surface area contributed by atoms with E-state index in [1.54, 1.807) is 0 Å². The fourth-order valence-corrected chi connectivity index (χ4v) is 3.29. The highest BCUT2D eigenvalue weighted by molar-refractivity contribution is 5.82. The van der Waals surface area contributed by atoms with Crippen LogP contribution < -0.4 is 10.6 Å². The molecule has 0 saturated carbocycles. The molecule has 21 heavy (non-hydrogen) atoms. The SMILES string of the molecule is O=C(NC1CCN(Cc2ccccc2)CC1)[C@@H]1CCCN1. The van der Waals surface area contributed by atoms with Crippen LogP contribution in [0.25, 0.3) is 0 Å². The van der Waals surface area contributed by atoms with Crippen molar-refractivity contribution >= 4 is 5.91 Å². The minimum atomic E-state index is 0.0485. The van der Waals surface area contributed by atoms with Crippen LogP contribution in [0.2, 0.25) is 0 Å². The summed E-state index contributed by atoms with van der Waals surface area (Å²) in [6.45, 7) is 4.13. The van der Waals surface area contributed by atoms with E-state index < -0.39 is 0 Å². The second-order valence-electron chi connectivity index (χ2n) is 6.19. The molecule has 114 valence electrons. The van der Waals surface area contributed by atoms with Crippen molar-refractivity contribution in [1.82, 2.24) is 15.5 Å². The number of piperidine rings is 1. The first kappa shape index (κ1) is 14.5. The third kappa shape index (κ3) is 4.05. The number of hydrogen-bond acceptors (Lipinski definition) is 3. The predicted molar refractivity (Wildman–Crippen MR) is 83.9 cm³/mol. The van der Waals surface area contributed by atoms with Gasteiger partial charge in [-0.2, -0.15) is 0 Å². The summed E-state index contributed by atoms with van der Waals surface area (Å²) >= 11 is 0. The number of hydrogen-bond donors (Lipinski definition) is 2. The van der Waals surface area contributed by atoms with Crippen molar-refractivity contribution in [3.63, 3.8) is 0 Å². The van der Waals surface area contributed by atoms with E-state index in [9.17, 15) is 4.79 Å². The lowest BCUT2D eigenvalue weighted by atomic mass is 10.0. The number of carbonyl (C=O) groups is 1. The molecule has 2 aliphatic rings. The van der Waals surface area contributed by atoms with Crippen molar-refractivity contribution in [3.8, 4) is 0 Å². The standard InChI is InChI=1S/C17H25N3O/c21-17(16-7-4-10-18-16)19-15-8-11-20(12-9-15)13-14-5-2-1-3-6-14/h1-3,5-6,15-16,18H,4,7-13H2,(H,19,21)/t16-/m0/s1. The Morgan fingerprint density at radius 1 is 1.19 bits per heavy atom. The molecular weight excluding hydrogens is 262 g/mol. The van der Waals surface area contributed by atoms with Crippen molar-refractivity contribution in [2.24, 2.45) is 0 Å². The van der Waals surface area contributed by atoms with Crippen LogP contribution in [-0.4, -0.2) is 42.5 Å². The molecule has 2 fully saturated rings. The number of carbonyl (C=O) groups excluding carboxylic acids is 1. The number of amides is 1. The van der Waals surface area contributed by atoms with Gasteiger partial charge in [-0.05, 0) is 37.8 Å². The summed E-state index contributed by atoms with van der Waals surface area (Å²) in [5, 5.41) is 6.48. The Morgan fingerprint density at radius 3 is 2.62 bits per heavy atom. The monoisotopic (exact) mass is 287 g/mol. The average Bonchev–Trinajstić information content (AvgIpc) is 3.05. The molecule has 1 aromatic carbocycles. The van der Waals surface area contributed by atoms with Gasteiger partial charge in [0, 0.05) is 25.7 Å². The number of nitrogens with one attached hydrogen (secondary N) is 2. The van der Waals surface area contributed by atoms with Gasteiger partial charge in [-0.25, -0.2) is 0 Å². The molecule has 1 atom stereocenters. The van der Waals surface area contributed by atoms with Crippen LogP contribution in [0.5, 0.6) is 0 Å². The molecule has 4 heteroatoms. The fourth-order valence-electron chi connectivity index (χ4n) is 3.29. The highest BCUT2D eigenvalue weighted by Gasteiger charge is 2.26. The van der Waals surface area contributed by atoms with Crippen LogP contribution in [0.1, 0.15) is 31.2 Å². The van der Waals surface area contributed by atoms with E-state index in [1.807, 2.05) is 0 Å². The smallest absolute Gasteiger partial charge is 0.237 e. The highest BCUT2D eigenvalue weighted by Crippen LogP contribution is 2.14. The van der Waals surface area contributed by atoms with Gasteiger partial charge in [-0.1, -0.05) is 30.3 Å². The second-order valence-corrected chi connectivity index (χ2v) is 6.19. The van der Waals surface area contributed by atoms with Gasteiger partial charge in [-0.15, -0.1) is 0 Å². The Kier molecular flexibility index (Phi) is 4.88. The zero-order valence-corrected chi connectivity index (χ0v) is 12.6. The van der Waals surface area contributed by atoms with E-state index in [4.69, 9.17) is 0 Å². The zero-order valence-electron chi connectivity index (χ0n) is 12.6. The Labute approximate surface area is 126 Å². The first-order valence-corrected chi connectivity index (χ1v) is 8.11. The number of likely N-dealkylation sites (tertiary alicyclic amines) is 1. The zero-order chi connectivity index (χ0) is 14.5. The minimum absolute atomic E-state index is 0.0485. The first-order valence-electron chi connectivity index (χ1n) is 8.11. The van der Waals surface area contributed by atoms with Gasteiger partial charge < -0.3 is 10.6 Å². The number of rotatable bonds is 4. The summed E-state index contributed by atoms with van der Waals surface area (Å²) in [6.07, 6.45) is 4.23. The van der Waals surface area contributed by atoms with Gasteiger partial charge in [0.05, 0.1) is 6.04 Å². The lowest BCUT2D eigenvalue weighted by Crippen LogP contribution is -2.49. The van der Waals surface area contributed by atoms with E-state index >= 15 is 0 Å². The number of benzene rings is 1. The largest absolute Gasteiger partial charge is 0.352 e. The summed E-state index contributed by atoms with van der Waals surface area (Å²) in [6, 6.07) is 11.0. The van der Waals surface area contributed by atoms with Gasteiger partial charge in [-0.3, -0.25) is 9.69 Å². The third-order valence-electron chi connectivity index (χ3n) is 4.56. The molecule has 3 rings (SSSR count). The first-order chi connectivity index (χ1) is 10.3. The summed E-state index contributed by atoms with van der Waals surface area (Å²) in [5.74, 6) is 0.203. The molecule has 0 bridgehead atoms. The van der Waals surface area contributed by atoms with E-state index in [2.05, 4.69) is 45.9 Å². The van der Waals surface area contributed by atoms with Gasteiger partial charge in [0.25, 0.3) is 0 Å². The Bertz CT molecular complexity index is 448. The Hall–Kier alpha value is -1.39. The summed E-state index contributed by atoms with van der Waals surface area (Å²) < 4.78 is 0. The molecule has 0 unspecified atom stereocenters. The third-order valence-corrected chi connectivity index (χ3v) is 4.56. The summed E-state index contributed by atoms with van der Waals surface area (Å²) in [7, 11) is 0. The fraction of sp³-hybridized carbons (Fsp3) is 0.588. The van der Waals surface area contributed by atoms with Crippen molar-refractivity contribution in [2.45, 2.75) is 44.3 Å². The quantitative estimate of drug-likeness (QED) is 0.882. The molecule has 4 nitrogen and oxygen atoms in total. The molecule has 2 aliphatic heterocycles. The average molecular weight is 287 g/mol. The van der Waals surface area contributed by atoms with Crippen molar-refractivity contribution < 1.29 is 4.79 Å². The molecule has 2 N–H and O–H groups in total. The van der Waals surface area contributed by atoms with Crippen LogP contribution >= 0.6 is 0 Å². The lowest BCUT2D eigenvalue weighted by molar-refractivity contribution is -0.123. The van der Waals surface area contributed by atoms with Gasteiger partial charge in [0.2, 0.25) is 5.91 Å². The van der Waals surface area contributed by atoms with Crippen LogP contribution in [0, 0.1) is 0 Å². The van der Waals surface area contributed by atoms with Gasteiger partial charge >= 0.3 is 0 Å². The van der Waals surface area contributed by atoms with Gasteiger partial charge in [0.1, 0.15) is 0 Å². The van der Waals surface area contributed by atoms with Crippen LogP contribution in [0.15, 0.2) is 30.3 Å². The van der Waals surface area contributed by atoms with E-state index in [1.165, 1.54) is 5.56 Å². The maximum Gasteiger partial charge on any atom is 0.237 e. The van der Waals surface area contributed by atoms with Gasteiger partial charge in [0.15, 0.2) is 0 Å². The molecule has 1 aromatic rings. The van der Waals surface area contributed by atoms with Crippen LogP contribution in [0.3, 0.4) is 0 Å². The van der Waals surface area contributed by atoms with Crippen molar-refractivity contribution in [3.05, 3.63) is 35.9 Å². The molecule has 0 aromatic heterocycles. The minimum Gasteiger partial charge on any atom is -0.352 e. The Morgan fingerprint density at radius 2 is 1.95 bits per heavy atom. The predicted octanol–water partition coefficient (Wildman–Crippen LogP) is 1.52. The van der Waals surface area contributed by atoms with Crippen LogP contribution in [0.4, 0.5) is 0 Å². The van der Waals surface area contributed by atoms with E-state index in [-0.39, 0.29) is 11.9 Å². The molecule has 0 spiro atoms. The van der Waals surface area contributed by atoms with Crippen molar-refractivity contribution in [2.75, 3.05) is 19.6 Å². The lowest BCUT2D eigenvalue weighted by Gasteiger charge is -2.32. The Balaban J connectivity index is 1.41.